The molecule has 1 heterocycles. The molecule has 1 aliphatic rings. The highest BCUT2D eigenvalue weighted by Crippen LogP contribution is 2.30. The van der Waals surface area contributed by atoms with Crippen LogP contribution in [0.5, 0.6) is 5.75 Å². The molecule has 0 spiro atoms. The summed E-state index contributed by atoms with van der Waals surface area (Å²) in [6.07, 6.45) is 0. The van der Waals surface area contributed by atoms with E-state index in [0.717, 1.165) is 24.5 Å². The summed E-state index contributed by atoms with van der Waals surface area (Å²) in [5.74, 6) is 0.889. The smallest absolute Gasteiger partial charge is 0.119 e. The number of nitrogens with one attached hydrogen (secondary N) is 1. The monoisotopic (exact) mass is 264 g/mol. The van der Waals surface area contributed by atoms with Crippen LogP contribution in [-0.2, 0) is 0 Å². The van der Waals surface area contributed by atoms with Gasteiger partial charge in [0.15, 0.2) is 0 Å². The van der Waals surface area contributed by atoms with Gasteiger partial charge in [0.05, 0.1) is 19.3 Å². The Morgan fingerprint density at radius 3 is 2.63 bits per heavy atom. The predicted octanol–water partition coefficient (Wildman–Crippen LogP) is 1.63. The molecule has 0 saturated carbocycles. The molecule has 106 valence electrons. The van der Waals surface area contributed by atoms with Crippen molar-refractivity contribution in [2.45, 2.75) is 32.4 Å². The van der Waals surface area contributed by atoms with E-state index in [9.17, 15) is 5.11 Å². The fourth-order valence-electron chi connectivity index (χ4n) is 2.79. The molecule has 1 unspecified atom stereocenters. The SMILES string of the molecule is CCOc1ccc(N2C(CO)CNCC2(C)C)cc1. The molecule has 1 saturated heterocycles. The third-order valence-electron chi connectivity index (χ3n) is 3.59. The van der Waals surface area contributed by atoms with Gasteiger partial charge in [-0.2, -0.15) is 0 Å². The third kappa shape index (κ3) is 3.01. The van der Waals surface area contributed by atoms with Crippen molar-refractivity contribution in [3.8, 4) is 5.75 Å². The van der Waals surface area contributed by atoms with E-state index in [-0.39, 0.29) is 18.2 Å². The van der Waals surface area contributed by atoms with E-state index >= 15 is 0 Å². The van der Waals surface area contributed by atoms with Crippen LogP contribution in [0.2, 0.25) is 0 Å². The average Bonchev–Trinajstić information content (AvgIpc) is 2.39. The Morgan fingerprint density at radius 2 is 2.05 bits per heavy atom. The summed E-state index contributed by atoms with van der Waals surface area (Å²) >= 11 is 0. The molecule has 1 aromatic rings. The number of nitrogens with zero attached hydrogens (tertiary/aromatic N) is 1. The molecule has 19 heavy (non-hydrogen) atoms. The fourth-order valence-corrected chi connectivity index (χ4v) is 2.79. The topological polar surface area (TPSA) is 44.7 Å². The Kier molecular flexibility index (Phi) is 4.32. The van der Waals surface area contributed by atoms with Gasteiger partial charge in [-0.15, -0.1) is 0 Å². The van der Waals surface area contributed by atoms with E-state index in [1.807, 2.05) is 19.1 Å². The standard InChI is InChI=1S/C15H24N2O2/c1-4-19-14-7-5-12(6-8-14)17-13(10-18)9-16-11-15(17,2)3/h5-8,13,16,18H,4,9-11H2,1-3H3. The number of aliphatic hydroxyl groups is 1. The summed E-state index contributed by atoms with van der Waals surface area (Å²) in [5, 5.41) is 13.0. The summed E-state index contributed by atoms with van der Waals surface area (Å²) in [6.45, 7) is 8.93. The van der Waals surface area contributed by atoms with Gasteiger partial charge in [0.2, 0.25) is 0 Å². The Hall–Kier alpha value is -1.26. The van der Waals surface area contributed by atoms with E-state index in [0.29, 0.717) is 6.61 Å². The minimum Gasteiger partial charge on any atom is -0.494 e. The molecule has 1 atom stereocenters. The predicted molar refractivity (Wildman–Crippen MR) is 77.9 cm³/mol. The van der Waals surface area contributed by atoms with Crippen LogP contribution in [0.25, 0.3) is 0 Å². The number of benzene rings is 1. The minimum atomic E-state index is -0.0151. The van der Waals surface area contributed by atoms with Crippen molar-refractivity contribution in [2.24, 2.45) is 0 Å². The van der Waals surface area contributed by atoms with E-state index in [1.165, 1.54) is 0 Å². The van der Waals surface area contributed by atoms with E-state index in [2.05, 4.69) is 36.2 Å². The number of piperazine rings is 1. The van der Waals surface area contributed by atoms with Crippen molar-refractivity contribution in [1.29, 1.82) is 0 Å². The zero-order valence-corrected chi connectivity index (χ0v) is 12.0. The Morgan fingerprint density at radius 1 is 1.37 bits per heavy atom. The maximum atomic E-state index is 9.59. The van der Waals surface area contributed by atoms with Crippen LogP contribution < -0.4 is 15.0 Å². The normalized spacial score (nSPS) is 22.3. The molecule has 1 fully saturated rings. The molecular formula is C15H24N2O2. The number of anilines is 1. The van der Waals surface area contributed by atoms with Crippen LogP contribution in [0.3, 0.4) is 0 Å². The summed E-state index contributed by atoms with van der Waals surface area (Å²) in [7, 11) is 0. The quantitative estimate of drug-likeness (QED) is 0.867. The van der Waals surface area contributed by atoms with Gasteiger partial charge in [-0.1, -0.05) is 0 Å². The maximum Gasteiger partial charge on any atom is 0.119 e. The van der Waals surface area contributed by atoms with Gasteiger partial charge in [0.1, 0.15) is 5.75 Å². The lowest BCUT2D eigenvalue weighted by molar-refractivity contribution is 0.212. The van der Waals surface area contributed by atoms with Crippen molar-refractivity contribution in [3.05, 3.63) is 24.3 Å². The van der Waals surface area contributed by atoms with Crippen molar-refractivity contribution < 1.29 is 9.84 Å². The van der Waals surface area contributed by atoms with Crippen molar-refractivity contribution >= 4 is 5.69 Å². The van der Waals surface area contributed by atoms with Gasteiger partial charge in [0.25, 0.3) is 0 Å². The minimum absolute atomic E-state index is 0.0151. The first kappa shape index (κ1) is 14.2. The van der Waals surface area contributed by atoms with Gasteiger partial charge in [0, 0.05) is 24.3 Å². The highest BCUT2D eigenvalue weighted by molar-refractivity contribution is 5.53. The average molecular weight is 264 g/mol. The van der Waals surface area contributed by atoms with Crippen LogP contribution in [-0.4, -0.2) is 43.0 Å². The number of ether oxygens (including phenoxy) is 1. The molecule has 4 heteroatoms. The van der Waals surface area contributed by atoms with Crippen molar-refractivity contribution in [1.82, 2.24) is 5.32 Å². The lowest BCUT2D eigenvalue weighted by atomic mass is 9.95. The molecule has 0 amide bonds. The van der Waals surface area contributed by atoms with E-state index < -0.39 is 0 Å². The second kappa shape index (κ2) is 5.80. The van der Waals surface area contributed by atoms with Crippen LogP contribution in [0.4, 0.5) is 5.69 Å². The first-order valence-corrected chi connectivity index (χ1v) is 6.92. The molecule has 4 nitrogen and oxygen atoms in total. The molecular weight excluding hydrogens is 240 g/mol. The van der Waals surface area contributed by atoms with Gasteiger partial charge in [-0.25, -0.2) is 0 Å². The van der Waals surface area contributed by atoms with Gasteiger partial charge in [-0.05, 0) is 45.0 Å². The number of rotatable bonds is 4. The van der Waals surface area contributed by atoms with Gasteiger partial charge < -0.3 is 20.1 Å². The fraction of sp³-hybridized carbons (Fsp3) is 0.600. The van der Waals surface area contributed by atoms with Crippen LogP contribution in [0.1, 0.15) is 20.8 Å². The molecule has 0 aliphatic carbocycles. The largest absolute Gasteiger partial charge is 0.494 e. The lowest BCUT2D eigenvalue weighted by Gasteiger charge is -2.49. The Labute approximate surface area is 115 Å². The molecule has 0 aromatic heterocycles. The summed E-state index contributed by atoms with van der Waals surface area (Å²) in [4.78, 5) is 2.30. The number of hydrogen-bond donors (Lipinski definition) is 2. The second-order valence-electron chi connectivity index (χ2n) is 5.58. The number of hydrogen-bond acceptors (Lipinski definition) is 4. The summed E-state index contributed by atoms with van der Waals surface area (Å²) < 4.78 is 5.47. The number of aliphatic hydroxyl groups excluding tert-OH is 1. The van der Waals surface area contributed by atoms with Gasteiger partial charge in [-0.3, -0.25) is 0 Å². The second-order valence-corrected chi connectivity index (χ2v) is 5.58. The zero-order valence-electron chi connectivity index (χ0n) is 12.0. The highest BCUT2D eigenvalue weighted by Gasteiger charge is 2.35. The highest BCUT2D eigenvalue weighted by atomic mass is 16.5. The first-order chi connectivity index (χ1) is 9.08. The Bertz CT molecular complexity index is 403. The van der Waals surface area contributed by atoms with Crippen LogP contribution >= 0.6 is 0 Å². The third-order valence-corrected chi connectivity index (χ3v) is 3.59. The van der Waals surface area contributed by atoms with E-state index in [4.69, 9.17) is 4.74 Å². The first-order valence-electron chi connectivity index (χ1n) is 6.92. The Balaban J connectivity index is 2.25. The van der Waals surface area contributed by atoms with E-state index in [1.54, 1.807) is 0 Å². The molecule has 2 N–H and O–H groups in total. The summed E-state index contributed by atoms with van der Waals surface area (Å²) in [6, 6.07) is 8.24. The molecule has 1 aliphatic heterocycles. The lowest BCUT2D eigenvalue weighted by Crippen LogP contribution is -2.64. The van der Waals surface area contributed by atoms with Crippen molar-refractivity contribution in [3.63, 3.8) is 0 Å². The van der Waals surface area contributed by atoms with Crippen LogP contribution in [0, 0.1) is 0 Å². The molecule has 0 bridgehead atoms. The molecule has 1 aromatic carbocycles. The van der Waals surface area contributed by atoms with Crippen LogP contribution in [0.15, 0.2) is 24.3 Å². The zero-order chi connectivity index (χ0) is 13.9. The summed E-state index contributed by atoms with van der Waals surface area (Å²) in [5.41, 5.74) is 1.12. The maximum absolute atomic E-state index is 9.59. The molecule has 0 radical (unpaired) electrons. The van der Waals surface area contributed by atoms with Gasteiger partial charge >= 0.3 is 0 Å². The molecule has 2 rings (SSSR count). The van der Waals surface area contributed by atoms with Crippen molar-refractivity contribution in [2.75, 3.05) is 31.2 Å².